The number of anilines is 1. The molecule has 0 aliphatic rings. The number of benzene rings is 2. The van der Waals surface area contributed by atoms with Gasteiger partial charge in [0.15, 0.2) is 0 Å². The molecule has 0 saturated heterocycles. The molecule has 0 saturated carbocycles. The Morgan fingerprint density at radius 2 is 1.79 bits per heavy atom. The predicted molar refractivity (Wildman–Crippen MR) is 110 cm³/mol. The lowest BCUT2D eigenvalue weighted by Gasteiger charge is -2.19. The van der Waals surface area contributed by atoms with E-state index >= 15 is 0 Å². The predicted octanol–water partition coefficient (Wildman–Crippen LogP) is 4.84. The van der Waals surface area contributed by atoms with Crippen LogP contribution >= 0.6 is 27.7 Å². The highest BCUT2D eigenvalue weighted by Crippen LogP contribution is 2.24. The van der Waals surface area contributed by atoms with Gasteiger partial charge in [-0.15, -0.1) is 13.2 Å². The average Bonchev–Trinajstić information content (AvgIpc) is 2.65. The first-order chi connectivity index (χ1) is 13.7. The zero-order valence-electron chi connectivity index (χ0n) is 15.3. The monoisotopic (exact) mass is 490 g/mol. The van der Waals surface area contributed by atoms with E-state index in [1.54, 1.807) is 24.3 Å². The Hall–Kier alpha value is -2.20. The molecule has 0 fully saturated rings. The molecule has 2 aromatic rings. The second kappa shape index (κ2) is 10.5. The third kappa shape index (κ3) is 7.62. The maximum absolute atomic E-state index is 12.6. The smallest absolute Gasteiger partial charge is 0.406 e. The first kappa shape index (κ1) is 23.1. The van der Waals surface area contributed by atoms with E-state index in [0.717, 1.165) is 12.1 Å². The molecule has 10 heteroatoms. The Kier molecular flexibility index (Phi) is 8.39. The Bertz CT molecular complexity index is 847. The third-order valence-corrected chi connectivity index (χ3v) is 5.04. The molecule has 0 heterocycles. The molecule has 0 radical (unpaired) electrons. The molecule has 5 nitrogen and oxygen atoms in total. The number of hydrogen-bond donors (Lipinski definition) is 2. The van der Waals surface area contributed by atoms with Gasteiger partial charge in [0.25, 0.3) is 5.91 Å². The summed E-state index contributed by atoms with van der Waals surface area (Å²) in [6.45, 7) is 0. The fourth-order valence-corrected chi connectivity index (χ4v) is 3.29. The molecular weight excluding hydrogens is 473 g/mol. The minimum atomic E-state index is -4.79. The van der Waals surface area contributed by atoms with Crippen molar-refractivity contribution in [2.75, 3.05) is 17.3 Å². The van der Waals surface area contributed by atoms with Gasteiger partial charge in [-0.3, -0.25) is 9.59 Å². The van der Waals surface area contributed by atoms with Crippen LogP contribution in [-0.4, -0.2) is 36.2 Å². The average molecular weight is 491 g/mol. The number of ether oxygens (including phenoxy) is 1. The summed E-state index contributed by atoms with van der Waals surface area (Å²) in [5.74, 6) is -0.638. The van der Waals surface area contributed by atoms with Crippen molar-refractivity contribution in [2.45, 2.75) is 18.8 Å². The molecule has 1 atom stereocenters. The minimum Gasteiger partial charge on any atom is -0.406 e. The summed E-state index contributed by atoms with van der Waals surface area (Å²) in [7, 11) is 0. The highest BCUT2D eigenvalue weighted by atomic mass is 79.9. The lowest BCUT2D eigenvalue weighted by molar-refractivity contribution is -0.274. The van der Waals surface area contributed by atoms with Crippen LogP contribution < -0.4 is 15.4 Å². The van der Waals surface area contributed by atoms with Crippen molar-refractivity contribution in [1.82, 2.24) is 5.32 Å². The third-order valence-electron chi connectivity index (χ3n) is 3.71. The summed E-state index contributed by atoms with van der Waals surface area (Å²) in [6.07, 6.45) is -2.52. The second-order valence-electron chi connectivity index (χ2n) is 5.85. The number of amides is 2. The van der Waals surface area contributed by atoms with E-state index in [2.05, 4.69) is 31.3 Å². The van der Waals surface area contributed by atoms with Crippen LogP contribution in [0.1, 0.15) is 16.8 Å². The van der Waals surface area contributed by atoms with Gasteiger partial charge in [0, 0.05) is 10.2 Å². The van der Waals surface area contributed by atoms with Crippen LogP contribution in [0.3, 0.4) is 0 Å². The lowest BCUT2D eigenvalue weighted by Crippen LogP contribution is -2.44. The van der Waals surface area contributed by atoms with E-state index in [0.29, 0.717) is 22.2 Å². The quantitative estimate of drug-likeness (QED) is 0.555. The molecule has 0 aromatic heterocycles. The zero-order valence-corrected chi connectivity index (χ0v) is 17.7. The van der Waals surface area contributed by atoms with Crippen molar-refractivity contribution in [3.8, 4) is 5.75 Å². The number of rotatable bonds is 8. The number of carbonyl (C=O) groups excluding carboxylic acids is 2. The molecule has 1 unspecified atom stereocenters. The van der Waals surface area contributed by atoms with E-state index in [1.807, 2.05) is 6.26 Å². The zero-order chi connectivity index (χ0) is 21.4. The van der Waals surface area contributed by atoms with Gasteiger partial charge in [-0.25, -0.2) is 0 Å². The van der Waals surface area contributed by atoms with Crippen LogP contribution in [0.25, 0.3) is 0 Å². The molecular formula is C19H18BrF3N2O3S. The largest absolute Gasteiger partial charge is 0.573 e. The van der Waals surface area contributed by atoms with E-state index in [1.165, 1.54) is 23.9 Å². The van der Waals surface area contributed by atoms with Crippen molar-refractivity contribution in [3.63, 3.8) is 0 Å². The lowest BCUT2D eigenvalue weighted by atomic mass is 10.1. The summed E-state index contributed by atoms with van der Waals surface area (Å²) in [6, 6.07) is 10.8. The van der Waals surface area contributed by atoms with Gasteiger partial charge in [0.2, 0.25) is 5.91 Å². The number of nitrogens with one attached hydrogen (secondary N) is 2. The van der Waals surface area contributed by atoms with Crippen molar-refractivity contribution >= 4 is 45.2 Å². The molecule has 2 rings (SSSR count). The molecule has 156 valence electrons. The molecule has 0 aliphatic carbocycles. The minimum absolute atomic E-state index is 0.286. The summed E-state index contributed by atoms with van der Waals surface area (Å²) < 4.78 is 41.1. The Morgan fingerprint density at radius 1 is 1.14 bits per heavy atom. The van der Waals surface area contributed by atoms with Gasteiger partial charge in [-0.05, 0) is 70.8 Å². The summed E-state index contributed by atoms with van der Waals surface area (Å²) >= 11 is 4.82. The van der Waals surface area contributed by atoms with Gasteiger partial charge in [-0.2, -0.15) is 11.8 Å². The summed E-state index contributed by atoms with van der Waals surface area (Å²) in [5.41, 5.74) is 0.678. The molecule has 2 amide bonds. The van der Waals surface area contributed by atoms with Gasteiger partial charge in [-0.1, -0.05) is 12.1 Å². The highest BCUT2D eigenvalue weighted by molar-refractivity contribution is 9.10. The normalized spacial score (nSPS) is 12.2. The number of carbonyl (C=O) groups is 2. The maximum atomic E-state index is 12.6. The van der Waals surface area contributed by atoms with Gasteiger partial charge in [0.05, 0.1) is 5.56 Å². The molecule has 29 heavy (non-hydrogen) atoms. The molecule has 2 N–H and O–H groups in total. The Balaban J connectivity index is 2.06. The van der Waals surface area contributed by atoms with Crippen molar-refractivity contribution in [1.29, 1.82) is 0 Å². The Labute approximate surface area is 178 Å². The SMILES string of the molecule is CSCCC(NC(=O)c1ccccc1Br)C(=O)Nc1ccc(OC(F)(F)F)cc1. The first-order valence-electron chi connectivity index (χ1n) is 8.40. The molecule has 2 aromatic carbocycles. The summed E-state index contributed by atoms with van der Waals surface area (Å²) in [5, 5.41) is 5.30. The van der Waals surface area contributed by atoms with E-state index in [9.17, 15) is 22.8 Å². The van der Waals surface area contributed by atoms with Crippen LogP contribution in [0.4, 0.5) is 18.9 Å². The highest BCUT2D eigenvalue weighted by Gasteiger charge is 2.31. The molecule has 0 aliphatic heterocycles. The number of thioether (sulfide) groups is 1. The fraction of sp³-hybridized carbons (Fsp3) is 0.263. The van der Waals surface area contributed by atoms with Gasteiger partial charge in [0.1, 0.15) is 11.8 Å². The number of alkyl halides is 3. The van der Waals surface area contributed by atoms with Crippen LogP contribution in [0.2, 0.25) is 0 Å². The van der Waals surface area contributed by atoms with E-state index < -0.39 is 30.0 Å². The standard InChI is InChI=1S/C19H18BrF3N2O3S/c1-29-11-10-16(25-17(26)14-4-2-3-5-15(14)20)18(27)24-12-6-8-13(9-7-12)28-19(21,22)23/h2-9,16H,10-11H2,1H3,(H,24,27)(H,25,26). The molecule has 0 bridgehead atoms. The summed E-state index contributed by atoms with van der Waals surface area (Å²) in [4.78, 5) is 25.1. The van der Waals surface area contributed by atoms with Gasteiger partial charge < -0.3 is 15.4 Å². The van der Waals surface area contributed by atoms with Crippen molar-refractivity contribution in [3.05, 3.63) is 58.6 Å². The van der Waals surface area contributed by atoms with Crippen molar-refractivity contribution in [2.24, 2.45) is 0 Å². The maximum Gasteiger partial charge on any atom is 0.573 e. The van der Waals surface area contributed by atoms with Crippen LogP contribution in [0.5, 0.6) is 5.75 Å². The number of halogens is 4. The van der Waals surface area contributed by atoms with Crippen LogP contribution in [0, 0.1) is 0 Å². The Morgan fingerprint density at radius 3 is 2.38 bits per heavy atom. The molecule has 0 spiro atoms. The van der Waals surface area contributed by atoms with Crippen LogP contribution in [-0.2, 0) is 4.79 Å². The van der Waals surface area contributed by atoms with E-state index in [-0.39, 0.29) is 5.69 Å². The van der Waals surface area contributed by atoms with Gasteiger partial charge >= 0.3 is 6.36 Å². The van der Waals surface area contributed by atoms with Crippen LogP contribution in [0.15, 0.2) is 53.0 Å². The van der Waals surface area contributed by atoms with E-state index in [4.69, 9.17) is 0 Å². The second-order valence-corrected chi connectivity index (χ2v) is 7.69. The topological polar surface area (TPSA) is 67.4 Å². The first-order valence-corrected chi connectivity index (χ1v) is 10.6. The van der Waals surface area contributed by atoms with Crippen molar-refractivity contribution < 1.29 is 27.5 Å². The fourth-order valence-electron chi connectivity index (χ4n) is 2.36. The number of hydrogen-bond acceptors (Lipinski definition) is 4.